The maximum absolute atomic E-state index is 9.70. The van der Waals surface area contributed by atoms with Crippen molar-refractivity contribution in [2.24, 2.45) is 5.92 Å². The van der Waals surface area contributed by atoms with Gasteiger partial charge in [-0.1, -0.05) is 13.8 Å². The van der Waals surface area contributed by atoms with Crippen LogP contribution in [0, 0.1) is 5.92 Å². The van der Waals surface area contributed by atoms with Gasteiger partial charge < -0.3 is 5.11 Å². The Bertz CT molecular complexity index is 165. The molecule has 11 heavy (non-hydrogen) atoms. The van der Waals surface area contributed by atoms with Crippen molar-refractivity contribution >= 4 is 5.97 Å². The quantitative estimate of drug-likeness (QED) is 0.640. The molecule has 62 valence electrons. The number of nitrogens with zero attached hydrogens (tertiary/aromatic N) is 1. The van der Waals surface area contributed by atoms with Crippen LogP contribution in [0.3, 0.4) is 0 Å². The number of hydrogen-bond donors (Lipinski definition) is 2. The Labute approximate surface area is 65.3 Å². The lowest BCUT2D eigenvalue weighted by Gasteiger charge is -1.89. The van der Waals surface area contributed by atoms with Crippen LogP contribution in [0.2, 0.25) is 0 Å². The van der Waals surface area contributed by atoms with Gasteiger partial charge in [0, 0.05) is 12.4 Å². The van der Waals surface area contributed by atoms with E-state index in [2.05, 4.69) is 10.2 Å². The van der Waals surface area contributed by atoms with Crippen LogP contribution >= 0.6 is 0 Å². The standard InChI is InChI=1S/C4H8O2.C3H4N2/c1-3(2)4(5)6;1-2-4-5-3-1/h3H,1-2H3,(H,5,6);1-3H,(H,4,5). The van der Waals surface area contributed by atoms with Gasteiger partial charge in [-0.15, -0.1) is 0 Å². The van der Waals surface area contributed by atoms with Crippen LogP contribution in [0.1, 0.15) is 13.8 Å². The molecule has 0 saturated carbocycles. The summed E-state index contributed by atoms with van der Waals surface area (Å²) in [4.78, 5) is 9.70. The third kappa shape index (κ3) is 6.57. The summed E-state index contributed by atoms with van der Waals surface area (Å²) in [6.07, 6.45) is 3.46. The van der Waals surface area contributed by atoms with E-state index in [0.717, 1.165) is 0 Å². The van der Waals surface area contributed by atoms with E-state index in [-0.39, 0.29) is 5.92 Å². The van der Waals surface area contributed by atoms with Gasteiger partial charge in [0.15, 0.2) is 0 Å². The number of hydrogen-bond acceptors (Lipinski definition) is 2. The van der Waals surface area contributed by atoms with Crippen molar-refractivity contribution in [3.63, 3.8) is 0 Å². The Hall–Kier alpha value is -1.32. The predicted octanol–water partition coefficient (Wildman–Crippen LogP) is 1.14. The normalized spacial score (nSPS) is 8.64. The van der Waals surface area contributed by atoms with E-state index >= 15 is 0 Å². The number of nitrogens with one attached hydrogen (secondary N) is 1. The summed E-state index contributed by atoms with van der Waals surface area (Å²) < 4.78 is 0. The predicted molar refractivity (Wildman–Crippen MR) is 41.1 cm³/mol. The largest absolute Gasteiger partial charge is 0.481 e. The van der Waals surface area contributed by atoms with E-state index in [1.807, 2.05) is 6.07 Å². The van der Waals surface area contributed by atoms with Gasteiger partial charge in [-0.25, -0.2) is 0 Å². The zero-order valence-corrected chi connectivity index (χ0v) is 6.61. The molecule has 4 heteroatoms. The third-order valence-electron chi connectivity index (χ3n) is 0.900. The fraction of sp³-hybridized carbons (Fsp3) is 0.429. The fourth-order valence-corrected chi connectivity index (χ4v) is 0.215. The minimum absolute atomic E-state index is 0.231. The molecule has 1 heterocycles. The first kappa shape index (κ1) is 9.68. The third-order valence-corrected chi connectivity index (χ3v) is 0.900. The highest BCUT2D eigenvalue weighted by Crippen LogP contribution is 1.87. The molecule has 0 unspecified atom stereocenters. The molecular formula is C7H12N2O2. The Morgan fingerprint density at radius 2 is 2.18 bits per heavy atom. The van der Waals surface area contributed by atoms with Crippen LogP contribution in [-0.2, 0) is 4.79 Å². The van der Waals surface area contributed by atoms with Gasteiger partial charge in [0.1, 0.15) is 0 Å². The van der Waals surface area contributed by atoms with Crippen LogP contribution in [-0.4, -0.2) is 21.3 Å². The van der Waals surface area contributed by atoms with Crippen molar-refractivity contribution in [3.8, 4) is 0 Å². The van der Waals surface area contributed by atoms with Gasteiger partial charge in [-0.2, -0.15) is 5.10 Å². The second-order valence-corrected chi connectivity index (χ2v) is 2.26. The van der Waals surface area contributed by atoms with Gasteiger partial charge in [-0.3, -0.25) is 9.89 Å². The van der Waals surface area contributed by atoms with Gasteiger partial charge in [-0.05, 0) is 6.07 Å². The second-order valence-electron chi connectivity index (χ2n) is 2.26. The summed E-state index contributed by atoms with van der Waals surface area (Å²) in [5.74, 6) is -0.972. The first-order valence-electron chi connectivity index (χ1n) is 3.31. The van der Waals surface area contributed by atoms with Gasteiger partial charge in [0.05, 0.1) is 5.92 Å². The smallest absolute Gasteiger partial charge is 0.305 e. The highest BCUT2D eigenvalue weighted by Gasteiger charge is 1.99. The number of aromatic amines is 1. The van der Waals surface area contributed by atoms with E-state index < -0.39 is 5.97 Å². The van der Waals surface area contributed by atoms with Crippen molar-refractivity contribution in [2.45, 2.75) is 13.8 Å². The molecule has 0 aromatic carbocycles. The molecule has 0 aliphatic carbocycles. The molecule has 0 aliphatic rings. The minimum Gasteiger partial charge on any atom is -0.481 e. The number of carbonyl (C=O) groups is 1. The fourth-order valence-electron chi connectivity index (χ4n) is 0.215. The van der Waals surface area contributed by atoms with Gasteiger partial charge >= 0.3 is 5.97 Å². The average Bonchev–Trinajstić information content (AvgIpc) is 2.41. The average molecular weight is 156 g/mol. The molecular weight excluding hydrogens is 144 g/mol. The molecule has 1 aromatic rings. The number of H-pyrrole nitrogens is 1. The van der Waals surface area contributed by atoms with Crippen molar-refractivity contribution in [2.75, 3.05) is 0 Å². The number of aromatic nitrogens is 2. The first-order valence-corrected chi connectivity index (χ1v) is 3.31. The Kier molecular flexibility index (Phi) is 4.81. The molecule has 0 radical (unpaired) electrons. The molecule has 0 atom stereocenters. The van der Waals surface area contributed by atoms with E-state index in [4.69, 9.17) is 5.11 Å². The van der Waals surface area contributed by atoms with Crippen molar-refractivity contribution in [1.29, 1.82) is 0 Å². The van der Waals surface area contributed by atoms with Crippen LogP contribution in [0.25, 0.3) is 0 Å². The van der Waals surface area contributed by atoms with Crippen LogP contribution in [0.4, 0.5) is 0 Å². The van der Waals surface area contributed by atoms with Crippen molar-refractivity contribution in [1.82, 2.24) is 10.2 Å². The van der Waals surface area contributed by atoms with Crippen LogP contribution in [0.5, 0.6) is 0 Å². The summed E-state index contributed by atoms with van der Waals surface area (Å²) in [5.41, 5.74) is 0. The molecule has 1 rings (SSSR count). The topological polar surface area (TPSA) is 66.0 Å². The van der Waals surface area contributed by atoms with Gasteiger partial charge in [0.2, 0.25) is 0 Å². The first-order chi connectivity index (χ1) is 5.14. The molecule has 2 N–H and O–H groups in total. The monoisotopic (exact) mass is 156 g/mol. The van der Waals surface area contributed by atoms with E-state index in [1.165, 1.54) is 0 Å². The molecule has 0 saturated heterocycles. The van der Waals surface area contributed by atoms with Crippen LogP contribution < -0.4 is 0 Å². The summed E-state index contributed by atoms with van der Waals surface area (Å²) in [5, 5.41) is 14.2. The number of aliphatic carboxylic acids is 1. The molecule has 1 aromatic heterocycles. The Balaban J connectivity index is 0.000000183. The highest BCUT2D eigenvalue weighted by atomic mass is 16.4. The highest BCUT2D eigenvalue weighted by molar-refractivity contribution is 5.68. The van der Waals surface area contributed by atoms with Crippen molar-refractivity contribution in [3.05, 3.63) is 18.5 Å². The molecule has 0 fully saturated rings. The number of carboxylic acid groups (broad SMARTS) is 1. The molecule has 0 aliphatic heterocycles. The Morgan fingerprint density at radius 3 is 2.27 bits per heavy atom. The molecule has 0 spiro atoms. The lowest BCUT2D eigenvalue weighted by atomic mass is 10.2. The lowest BCUT2D eigenvalue weighted by Crippen LogP contribution is -2.03. The summed E-state index contributed by atoms with van der Waals surface area (Å²) in [6, 6.07) is 1.83. The summed E-state index contributed by atoms with van der Waals surface area (Å²) >= 11 is 0. The van der Waals surface area contributed by atoms with E-state index in [0.29, 0.717) is 0 Å². The zero-order chi connectivity index (χ0) is 8.69. The zero-order valence-electron chi connectivity index (χ0n) is 6.61. The molecule has 0 bridgehead atoms. The summed E-state index contributed by atoms with van der Waals surface area (Å²) in [7, 11) is 0. The van der Waals surface area contributed by atoms with E-state index in [1.54, 1.807) is 26.2 Å². The maximum Gasteiger partial charge on any atom is 0.305 e. The van der Waals surface area contributed by atoms with E-state index in [9.17, 15) is 4.79 Å². The summed E-state index contributed by atoms with van der Waals surface area (Å²) in [6.45, 7) is 3.28. The number of carboxylic acids is 1. The second kappa shape index (κ2) is 5.46. The maximum atomic E-state index is 9.70. The van der Waals surface area contributed by atoms with Crippen molar-refractivity contribution < 1.29 is 9.90 Å². The van der Waals surface area contributed by atoms with Gasteiger partial charge in [0.25, 0.3) is 0 Å². The number of rotatable bonds is 1. The minimum atomic E-state index is -0.741. The van der Waals surface area contributed by atoms with Crippen LogP contribution in [0.15, 0.2) is 18.5 Å². The lowest BCUT2D eigenvalue weighted by molar-refractivity contribution is -0.140. The molecule has 0 amide bonds. The molecule has 4 nitrogen and oxygen atoms in total. The SMILES string of the molecule is CC(C)C(=O)O.c1cn[nH]c1. The Morgan fingerprint density at radius 1 is 1.64 bits per heavy atom.